The molecule has 0 saturated heterocycles. The summed E-state index contributed by atoms with van der Waals surface area (Å²) in [6.45, 7) is 2.47. The van der Waals surface area contributed by atoms with Gasteiger partial charge < -0.3 is 14.6 Å². The van der Waals surface area contributed by atoms with Gasteiger partial charge in [0.25, 0.3) is 5.91 Å². The molecule has 0 fully saturated rings. The molecule has 26 heavy (non-hydrogen) atoms. The Morgan fingerprint density at radius 3 is 2.69 bits per heavy atom. The molecule has 8 heteroatoms. The molecular weight excluding hydrogens is 334 g/mol. The number of imidazole rings is 1. The monoisotopic (exact) mass is 353 g/mol. The summed E-state index contributed by atoms with van der Waals surface area (Å²) < 4.78 is 6.81. The lowest BCUT2D eigenvalue weighted by atomic mass is 10.2. The number of anilines is 1. The van der Waals surface area contributed by atoms with E-state index >= 15 is 0 Å². The summed E-state index contributed by atoms with van der Waals surface area (Å²) >= 11 is 0. The number of hydrogen-bond acceptors (Lipinski definition) is 6. The number of nitrogens with one attached hydrogen (secondary N) is 1. The van der Waals surface area contributed by atoms with Gasteiger partial charge in [-0.25, -0.2) is 15.0 Å². The SMILES string of the molecule is CC(=O)OCCCCn1cnc2c(NC(=O)c3ccccc3)ncnc21. The molecule has 0 radical (unpaired) electrons. The number of nitrogens with zero attached hydrogens (tertiary/aromatic N) is 4. The van der Waals surface area contributed by atoms with Crippen LogP contribution in [0.3, 0.4) is 0 Å². The van der Waals surface area contributed by atoms with Gasteiger partial charge >= 0.3 is 5.97 Å². The maximum Gasteiger partial charge on any atom is 0.302 e. The van der Waals surface area contributed by atoms with E-state index in [1.165, 1.54) is 13.3 Å². The minimum Gasteiger partial charge on any atom is -0.466 e. The molecule has 0 spiro atoms. The second-order valence-corrected chi connectivity index (χ2v) is 5.70. The molecule has 1 aromatic carbocycles. The maximum absolute atomic E-state index is 12.3. The third kappa shape index (κ3) is 4.21. The van der Waals surface area contributed by atoms with Crippen LogP contribution in [0.15, 0.2) is 43.0 Å². The Morgan fingerprint density at radius 1 is 1.12 bits per heavy atom. The Kier molecular flexibility index (Phi) is 5.52. The first-order valence-electron chi connectivity index (χ1n) is 8.31. The number of fused-ring (bicyclic) bond motifs is 1. The van der Waals surface area contributed by atoms with E-state index in [4.69, 9.17) is 4.74 Å². The molecule has 2 heterocycles. The Morgan fingerprint density at radius 2 is 1.92 bits per heavy atom. The first kappa shape index (κ1) is 17.5. The summed E-state index contributed by atoms with van der Waals surface area (Å²) in [4.78, 5) is 35.8. The molecule has 0 aliphatic rings. The van der Waals surface area contributed by atoms with Gasteiger partial charge in [-0.1, -0.05) is 18.2 Å². The Hall–Kier alpha value is -3.29. The number of aromatic nitrogens is 4. The highest BCUT2D eigenvalue weighted by Gasteiger charge is 2.13. The van der Waals surface area contributed by atoms with Crippen molar-refractivity contribution in [1.29, 1.82) is 0 Å². The van der Waals surface area contributed by atoms with Crippen LogP contribution < -0.4 is 5.32 Å². The first-order chi connectivity index (χ1) is 12.6. The Bertz CT molecular complexity index is 908. The van der Waals surface area contributed by atoms with E-state index in [1.54, 1.807) is 30.6 Å². The number of carbonyl (C=O) groups excluding carboxylic acids is 2. The average Bonchev–Trinajstić information content (AvgIpc) is 3.06. The highest BCUT2D eigenvalue weighted by Crippen LogP contribution is 2.18. The highest BCUT2D eigenvalue weighted by atomic mass is 16.5. The van der Waals surface area contributed by atoms with Crippen molar-refractivity contribution >= 4 is 28.9 Å². The maximum atomic E-state index is 12.3. The van der Waals surface area contributed by atoms with Crippen molar-refractivity contribution in [2.75, 3.05) is 11.9 Å². The molecule has 3 aromatic rings. The third-order valence-electron chi connectivity index (χ3n) is 3.77. The van der Waals surface area contributed by atoms with Gasteiger partial charge in [0.2, 0.25) is 0 Å². The fraction of sp³-hybridized carbons (Fsp3) is 0.278. The predicted octanol–water partition coefficient (Wildman–Crippen LogP) is 2.42. The average molecular weight is 353 g/mol. The topological polar surface area (TPSA) is 99.0 Å². The van der Waals surface area contributed by atoms with Crippen molar-refractivity contribution in [2.45, 2.75) is 26.3 Å². The highest BCUT2D eigenvalue weighted by molar-refractivity contribution is 6.06. The molecule has 0 atom stereocenters. The molecule has 1 N–H and O–H groups in total. The summed E-state index contributed by atoms with van der Waals surface area (Å²) in [5.74, 6) is -0.145. The summed E-state index contributed by atoms with van der Waals surface area (Å²) in [7, 11) is 0. The normalized spacial score (nSPS) is 10.7. The van der Waals surface area contributed by atoms with Crippen molar-refractivity contribution in [3.05, 3.63) is 48.5 Å². The number of esters is 1. The van der Waals surface area contributed by atoms with Gasteiger partial charge in [-0.15, -0.1) is 0 Å². The second kappa shape index (κ2) is 8.19. The van der Waals surface area contributed by atoms with E-state index < -0.39 is 0 Å². The van der Waals surface area contributed by atoms with Crippen LogP contribution in [0.4, 0.5) is 5.82 Å². The fourth-order valence-electron chi connectivity index (χ4n) is 2.51. The number of rotatable bonds is 7. The van der Waals surface area contributed by atoms with Gasteiger partial charge in [-0.2, -0.15) is 0 Å². The smallest absolute Gasteiger partial charge is 0.302 e. The molecule has 3 rings (SSSR count). The Balaban J connectivity index is 1.68. The lowest BCUT2D eigenvalue weighted by molar-refractivity contribution is -0.141. The zero-order valence-electron chi connectivity index (χ0n) is 14.4. The number of amides is 1. The van der Waals surface area contributed by atoms with E-state index in [0.717, 1.165) is 12.8 Å². The van der Waals surface area contributed by atoms with E-state index in [2.05, 4.69) is 20.3 Å². The number of unbranched alkanes of at least 4 members (excludes halogenated alkanes) is 1. The van der Waals surface area contributed by atoms with Gasteiger partial charge in [-0.05, 0) is 25.0 Å². The predicted molar refractivity (Wildman–Crippen MR) is 95.6 cm³/mol. The van der Waals surface area contributed by atoms with E-state index in [1.807, 2.05) is 10.6 Å². The summed E-state index contributed by atoms with van der Waals surface area (Å²) in [5.41, 5.74) is 1.73. The van der Waals surface area contributed by atoms with Gasteiger partial charge in [-0.3, -0.25) is 9.59 Å². The zero-order valence-corrected chi connectivity index (χ0v) is 14.4. The van der Waals surface area contributed by atoms with Crippen molar-refractivity contribution in [1.82, 2.24) is 19.5 Å². The molecule has 8 nitrogen and oxygen atoms in total. The minimum atomic E-state index is -0.273. The van der Waals surface area contributed by atoms with Crippen LogP contribution in [-0.4, -0.2) is 38.0 Å². The van der Waals surface area contributed by atoms with Crippen LogP contribution in [0.5, 0.6) is 0 Å². The van der Waals surface area contributed by atoms with Crippen LogP contribution >= 0.6 is 0 Å². The fourth-order valence-corrected chi connectivity index (χ4v) is 2.51. The Labute approximate surface area is 150 Å². The molecule has 0 aliphatic carbocycles. The molecule has 0 saturated carbocycles. The van der Waals surface area contributed by atoms with Crippen molar-refractivity contribution in [2.24, 2.45) is 0 Å². The van der Waals surface area contributed by atoms with Gasteiger partial charge in [0, 0.05) is 19.0 Å². The lowest BCUT2D eigenvalue weighted by Crippen LogP contribution is -2.13. The first-order valence-corrected chi connectivity index (χ1v) is 8.31. The lowest BCUT2D eigenvalue weighted by Gasteiger charge is -2.06. The second-order valence-electron chi connectivity index (χ2n) is 5.70. The number of ether oxygens (including phenoxy) is 1. The molecule has 0 aliphatic heterocycles. The quantitative estimate of drug-likeness (QED) is 0.517. The number of carbonyl (C=O) groups is 2. The van der Waals surface area contributed by atoms with Gasteiger partial charge in [0.15, 0.2) is 17.0 Å². The van der Waals surface area contributed by atoms with Gasteiger partial charge in [0.05, 0.1) is 12.9 Å². The summed E-state index contributed by atoms with van der Waals surface area (Å²) in [5, 5.41) is 2.78. The van der Waals surface area contributed by atoms with Crippen LogP contribution in [0.25, 0.3) is 11.2 Å². The van der Waals surface area contributed by atoms with Crippen molar-refractivity contribution in [3.63, 3.8) is 0 Å². The van der Waals surface area contributed by atoms with Crippen LogP contribution in [0.1, 0.15) is 30.1 Å². The summed E-state index contributed by atoms with van der Waals surface area (Å²) in [6, 6.07) is 8.91. The van der Waals surface area contributed by atoms with Crippen LogP contribution in [0, 0.1) is 0 Å². The van der Waals surface area contributed by atoms with Crippen molar-refractivity contribution < 1.29 is 14.3 Å². The van der Waals surface area contributed by atoms with Crippen LogP contribution in [-0.2, 0) is 16.1 Å². The molecular formula is C18H19N5O3. The molecule has 1 amide bonds. The third-order valence-corrected chi connectivity index (χ3v) is 3.77. The zero-order chi connectivity index (χ0) is 18.4. The summed E-state index contributed by atoms with van der Waals surface area (Å²) in [6.07, 6.45) is 4.64. The van der Waals surface area contributed by atoms with E-state index in [9.17, 15) is 9.59 Å². The standard InChI is InChI=1S/C18H19N5O3/c1-13(24)26-10-6-5-9-23-12-21-15-16(19-11-20-17(15)23)22-18(25)14-7-3-2-4-8-14/h2-4,7-8,11-12H,5-6,9-10H2,1H3,(H,19,20,22,25). The molecule has 2 aromatic heterocycles. The number of hydrogen-bond donors (Lipinski definition) is 1. The van der Waals surface area contributed by atoms with Crippen LogP contribution in [0.2, 0.25) is 0 Å². The minimum absolute atomic E-state index is 0.249. The molecule has 0 unspecified atom stereocenters. The number of aryl methyl sites for hydroxylation is 1. The van der Waals surface area contributed by atoms with E-state index in [-0.39, 0.29) is 11.9 Å². The molecule has 134 valence electrons. The largest absolute Gasteiger partial charge is 0.466 e. The molecule has 0 bridgehead atoms. The number of benzene rings is 1. The van der Waals surface area contributed by atoms with Gasteiger partial charge in [0.1, 0.15) is 6.33 Å². The van der Waals surface area contributed by atoms with Crippen molar-refractivity contribution in [3.8, 4) is 0 Å². The van der Waals surface area contributed by atoms with E-state index in [0.29, 0.717) is 35.7 Å².